The van der Waals surface area contributed by atoms with Crippen molar-refractivity contribution in [3.63, 3.8) is 0 Å². The molecule has 1 N–H and O–H groups in total. The standard InChI is InChI=1S/C32H30ClNO5/c1-17(2)19-6-8-21(9-7-19)28-27(29(35)25-15-22-14-23(33)16-26(38-5)31(22)39-25)30(36)32(37)34(28)24-12-10-20(11-13-24)18(3)4/h6-18,28,36H,1-5H3. The van der Waals surface area contributed by atoms with Crippen LogP contribution in [0.15, 0.2) is 82.5 Å². The van der Waals surface area contributed by atoms with Gasteiger partial charge in [0.2, 0.25) is 5.78 Å². The first kappa shape index (κ1) is 26.6. The van der Waals surface area contributed by atoms with Crippen molar-refractivity contribution in [1.29, 1.82) is 0 Å². The number of amides is 1. The molecular weight excluding hydrogens is 514 g/mol. The first-order chi connectivity index (χ1) is 18.6. The number of aliphatic hydroxyl groups is 1. The Labute approximate surface area is 232 Å². The number of carbonyl (C=O) groups excluding carboxylic acids is 2. The van der Waals surface area contributed by atoms with Crippen LogP contribution in [0.2, 0.25) is 5.02 Å². The zero-order valence-corrected chi connectivity index (χ0v) is 23.2. The largest absolute Gasteiger partial charge is 0.503 e. The summed E-state index contributed by atoms with van der Waals surface area (Å²) in [5, 5.41) is 12.1. The number of methoxy groups -OCH3 is 1. The molecule has 0 aliphatic carbocycles. The van der Waals surface area contributed by atoms with Gasteiger partial charge < -0.3 is 14.3 Å². The molecular formula is C32H30ClNO5. The quantitative estimate of drug-likeness (QED) is 0.238. The van der Waals surface area contributed by atoms with E-state index in [1.807, 2.05) is 48.5 Å². The number of ketones is 1. The van der Waals surface area contributed by atoms with Gasteiger partial charge in [-0.25, -0.2) is 0 Å². The Morgan fingerprint density at radius 3 is 2.10 bits per heavy atom. The van der Waals surface area contributed by atoms with E-state index in [4.69, 9.17) is 20.8 Å². The fraction of sp³-hybridized carbons (Fsp3) is 0.250. The van der Waals surface area contributed by atoms with Gasteiger partial charge in [-0.05, 0) is 52.8 Å². The van der Waals surface area contributed by atoms with Gasteiger partial charge in [0.15, 0.2) is 22.9 Å². The Morgan fingerprint density at radius 2 is 1.54 bits per heavy atom. The van der Waals surface area contributed by atoms with E-state index in [0.717, 1.165) is 11.1 Å². The second-order valence-electron chi connectivity index (χ2n) is 10.4. The van der Waals surface area contributed by atoms with E-state index in [-0.39, 0.29) is 11.3 Å². The van der Waals surface area contributed by atoms with E-state index < -0.39 is 23.5 Å². The first-order valence-electron chi connectivity index (χ1n) is 12.9. The fourth-order valence-corrected chi connectivity index (χ4v) is 5.20. The van der Waals surface area contributed by atoms with Crippen LogP contribution in [0.1, 0.15) is 72.8 Å². The van der Waals surface area contributed by atoms with Crippen molar-refractivity contribution in [2.45, 2.75) is 45.6 Å². The molecule has 3 aromatic carbocycles. The van der Waals surface area contributed by atoms with Crippen LogP contribution >= 0.6 is 11.6 Å². The molecule has 0 fully saturated rings. The summed E-state index contributed by atoms with van der Waals surface area (Å²) in [6.07, 6.45) is 0. The minimum absolute atomic E-state index is 0.0271. The van der Waals surface area contributed by atoms with Gasteiger partial charge in [-0.15, -0.1) is 0 Å². The topological polar surface area (TPSA) is 80.0 Å². The Kier molecular flexibility index (Phi) is 7.00. The van der Waals surface area contributed by atoms with Gasteiger partial charge in [-0.2, -0.15) is 0 Å². The summed E-state index contributed by atoms with van der Waals surface area (Å²) in [7, 11) is 1.48. The molecule has 1 aliphatic rings. The van der Waals surface area contributed by atoms with Gasteiger partial charge in [0.05, 0.1) is 18.7 Å². The van der Waals surface area contributed by atoms with E-state index >= 15 is 0 Å². The second-order valence-corrected chi connectivity index (χ2v) is 10.8. The van der Waals surface area contributed by atoms with Crippen molar-refractivity contribution < 1.29 is 23.8 Å². The van der Waals surface area contributed by atoms with Gasteiger partial charge in [0.1, 0.15) is 0 Å². The Bertz CT molecular complexity index is 1600. The number of Topliss-reactive ketones (excluding diaryl/α,β-unsaturated/α-hetero) is 1. The van der Waals surface area contributed by atoms with Gasteiger partial charge in [0, 0.05) is 22.2 Å². The van der Waals surface area contributed by atoms with E-state index in [1.165, 1.54) is 12.0 Å². The summed E-state index contributed by atoms with van der Waals surface area (Å²) >= 11 is 6.21. The molecule has 5 rings (SSSR count). The molecule has 1 amide bonds. The number of furan rings is 1. The fourth-order valence-electron chi connectivity index (χ4n) is 4.98. The number of benzene rings is 3. The summed E-state index contributed by atoms with van der Waals surface area (Å²) < 4.78 is 11.3. The smallest absolute Gasteiger partial charge is 0.294 e. The SMILES string of the molecule is COc1cc(Cl)cc2cc(C(=O)C3=C(O)C(=O)N(c4ccc(C(C)C)cc4)C3c3ccc(C(C)C)cc3)oc12. The Balaban J connectivity index is 1.64. The number of rotatable bonds is 7. The van der Waals surface area contributed by atoms with Crippen LogP contribution in [0.3, 0.4) is 0 Å². The van der Waals surface area contributed by atoms with Crippen molar-refractivity contribution in [1.82, 2.24) is 0 Å². The minimum atomic E-state index is -0.852. The molecule has 0 radical (unpaired) electrons. The number of ether oxygens (including phenoxy) is 1. The normalized spacial score (nSPS) is 15.7. The van der Waals surface area contributed by atoms with Gasteiger partial charge in [0.25, 0.3) is 5.91 Å². The van der Waals surface area contributed by atoms with Crippen molar-refractivity contribution in [3.05, 3.63) is 106 Å². The molecule has 1 unspecified atom stereocenters. The van der Waals surface area contributed by atoms with E-state index in [0.29, 0.717) is 44.8 Å². The molecule has 39 heavy (non-hydrogen) atoms. The highest BCUT2D eigenvalue weighted by Crippen LogP contribution is 2.43. The number of halogens is 1. The van der Waals surface area contributed by atoms with Crippen molar-refractivity contribution >= 4 is 39.9 Å². The highest BCUT2D eigenvalue weighted by molar-refractivity contribution is 6.31. The summed E-state index contributed by atoms with van der Waals surface area (Å²) in [5.41, 5.74) is 3.83. The molecule has 1 atom stereocenters. The molecule has 4 aromatic rings. The molecule has 1 aromatic heterocycles. The summed E-state index contributed by atoms with van der Waals surface area (Å²) in [6.45, 7) is 8.38. The number of fused-ring (bicyclic) bond motifs is 1. The van der Waals surface area contributed by atoms with Crippen LogP contribution in [0.4, 0.5) is 5.69 Å². The van der Waals surface area contributed by atoms with E-state index in [9.17, 15) is 14.7 Å². The monoisotopic (exact) mass is 543 g/mol. The van der Waals surface area contributed by atoms with E-state index in [2.05, 4.69) is 27.7 Å². The van der Waals surface area contributed by atoms with Crippen LogP contribution < -0.4 is 9.64 Å². The third-order valence-electron chi connectivity index (χ3n) is 7.20. The van der Waals surface area contributed by atoms with Crippen molar-refractivity contribution in [2.24, 2.45) is 0 Å². The molecule has 7 heteroatoms. The lowest BCUT2D eigenvalue weighted by Gasteiger charge is -2.27. The molecule has 6 nitrogen and oxygen atoms in total. The Morgan fingerprint density at radius 1 is 0.949 bits per heavy atom. The third-order valence-corrected chi connectivity index (χ3v) is 7.42. The van der Waals surface area contributed by atoms with Crippen molar-refractivity contribution in [2.75, 3.05) is 12.0 Å². The lowest BCUT2D eigenvalue weighted by Crippen LogP contribution is -2.31. The van der Waals surface area contributed by atoms with Gasteiger partial charge in [-0.3, -0.25) is 14.5 Å². The van der Waals surface area contributed by atoms with Crippen LogP contribution in [-0.4, -0.2) is 23.9 Å². The average Bonchev–Trinajstić information content (AvgIpc) is 3.46. The molecule has 0 bridgehead atoms. The maximum Gasteiger partial charge on any atom is 0.294 e. The number of hydrogen-bond donors (Lipinski definition) is 1. The maximum absolute atomic E-state index is 14.0. The predicted octanol–water partition coefficient (Wildman–Crippen LogP) is 8.12. The van der Waals surface area contributed by atoms with Gasteiger partial charge in [-0.1, -0.05) is 75.7 Å². The zero-order valence-electron chi connectivity index (χ0n) is 22.5. The summed E-state index contributed by atoms with van der Waals surface area (Å²) in [5.74, 6) is -0.858. The number of nitrogens with zero attached hydrogens (tertiary/aromatic N) is 1. The molecule has 0 saturated carbocycles. The van der Waals surface area contributed by atoms with E-state index in [1.54, 1.807) is 18.2 Å². The average molecular weight is 544 g/mol. The Hall–Kier alpha value is -4.03. The number of hydrogen-bond acceptors (Lipinski definition) is 5. The number of aliphatic hydroxyl groups excluding tert-OH is 1. The number of carbonyl (C=O) groups is 2. The van der Waals surface area contributed by atoms with Crippen LogP contribution in [0, 0.1) is 0 Å². The van der Waals surface area contributed by atoms with Crippen LogP contribution in [0.25, 0.3) is 11.0 Å². The minimum Gasteiger partial charge on any atom is -0.503 e. The first-order valence-corrected chi connectivity index (χ1v) is 13.3. The third kappa shape index (κ3) is 4.70. The van der Waals surface area contributed by atoms with Crippen LogP contribution in [0.5, 0.6) is 5.75 Å². The molecule has 0 spiro atoms. The highest BCUT2D eigenvalue weighted by atomic mass is 35.5. The van der Waals surface area contributed by atoms with Gasteiger partial charge >= 0.3 is 0 Å². The predicted molar refractivity (Wildman–Crippen MR) is 153 cm³/mol. The highest BCUT2D eigenvalue weighted by Gasteiger charge is 2.45. The molecule has 1 aliphatic heterocycles. The number of anilines is 1. The van der Waals surface area contributed by atoms with Crippen molar-refractivity contribution in [3.8, 4) is 5.75 Å². The lowest BCUT2D eigenvalue weighted by atomic mass is 9.92. The maximum atomic E-state index is 14.0. The zero-order chi connectivity index (χ0) is 28.0. The summed E-state index contributed by atoms with van der Waals surface area (Å²) in [6, 6.07) is 19.3. The second kappa shape index (κ2) is 10.3. The summed E-state index contributed by atoms with van der Waals surface area (Å²) in [4.78, 5) is 29.0. The molecule has 2 heterocycles. The molecule has 200 valence electrons. The van der Waals surface area contributed by atoms with Crippen LogP contribution in [-0.2, 0) is 4.79 Å². The lowest BCUT2D eigenvalue weighted by molar-refractivity contribution is -0.117. The molecule has 0 saturated heterocycles.